The van der Waals surface area contributed by atoms with Gasteiger partial charge in [0.2, 0.25) is 0 Å². The highest BCUT2D eigenvalue weighted by molar-refractivity contribution is 9.10. The fourth-order valence-corrected chi connectivity index (χ4v) is 4.39. The van der Waals surface area contributed by atoms with Crippen molar-refractivity contribution in [3.8, 4) is 5.75 Å². The van der Waals surface area contributed by atoms with Crippen LogP contribution in [0.4, 0.5) is 4.39 Å². The third kappa shape index (κ3) is 5.46. The Hall–Kier alpha value is -3.45. The molecule has 5 nitrogen and oxygen atoms in total. The normalized spacial score (nSPS) is 17.3. The highest BCUT2D eigenvalue weighted by Gasteiger charge is 2.45. The van der Waals surface area contributed by atoms with Gasteiger partial charge in [-0.1, -0.05) is 52.3 Å². The van der Waals surface area contributed by atoms with Crippen molar-refractivity contribution in [2.24, 2.45) is 0 Å². The molecular weight excluding hydrogens is 513 g/mol. The summed E-state index contributed by atoms with van der Waals surface area (Å²) in [6, 6.07) is 19.3. The third-order valence-corrected chi connectivity index (χ3v) is 6.31. The fraction of sp³-hybridized carbons (Fsp3) is 0.214. The molecule has 1 aliphatic heterocycles. The number of halogens is 2. The van der Waals surface area contributed by atoms with Crippen molar-refractivity contribution in [3.05, 3.63) is 105 Å². The van der Waals surface area contributed by atoms with Crippen LogP contribution < -0.4 is 4.74 Å². The number of hydrogen-bond donors (Lipinski definition) is 1. The molecule has 1 atom stereocenters. The van der Waals surface area contributed by atoms with Gasteiger partial charge in [0.25, 0.3) is 11.7 Å². The monoisotopic (exact) mass is 537 g/mol. The maximum atomic E-state index is 13.3. The predicted molar refractivity (Wildman–Crippen MR) is 135 cm³/mol. The number of Topliss-reactive ketones (excluding diaryl/α,β-unsaturated/α-hetero) is 1. The SMILES string of the molecule is CC(C)Oc1ccc(C2/C(=C(/O)c3ccc(Br)cc3)C(=O)C(=O)N2CCc2ccc(F)cc2)cc1. The van der Waals surface area contributed by atoms with E-state index in [1.165, 1.54) is 17.0 Å². The van der Waals surface area contributed by atoms with Gasteiger partial charge in [0, 0.05) is 16.6 Å². The first-order valence-corrected chi connectivity index (χ1v) is 12.1. The highest BCUT2D eigenvalue weighted by Crippen LogP contribution is 2.40. The Labute approximate surface area is 212 Å². The van der Waals surface area contributed by atoms with Crippen LogP contribution in [-0.4, -0.2) is 34.3 Å². The van der Waals surface area contributed by atoms with Crippen molar-refractivity contribution < 1.29 is 23.8 Å². The summed E-state index contributed by atoms with van der Waals surface area (Å²) >= 11 is 3.37. The van der Waals surface area contributed by atoms with E-state index in [9.17, 15) is 19.1 Å². The van der Waals surface area contributed by atoms with Gasteiger partial charge in [-0.05, 0) is 67.8 Å². The lowest BCUT2D eigenvalue weighted by molar-refractivity contribution is -0.139. The summed E-state index contributed by atoms with van der Waals surface area (Å²) in [4.78, 5) is 27.7. The smallest absolute Gasteiger partial charge is 0.295 e. The summed E-state index contributed by atoms with van der Waals surface area (Å²) in [5, 5.41) is 11.1. The molecule has 7 heteroatoms. The maximum Gasteiger partial charge on any atom is 0.295 e. The summed E-state index contributed by atoms with van der Waals surface area (Å²) < 4.78 is 19.9. The molecule has 0 bridgehead atoms. The highest BCUT2D eigenvalue weighted by atomic mass is 79.9. The quantitative estimate of drug-likeness (QED) is 0.226. The van der Waals surface area contributed by atoms with E-state index >= 15 is 0 Å². The number of carbonyl (C=O) groups excluding carboxylic acids is 2. The minimum atomic E-state index is -0.771. The second-order valence-corrected chi connectivity index (χ2v) is 9.53. The molecule has 3 aromatic carbocycles. The Kier molecular flexibility index (Phi) is 7.36. The standard InChI is InChI=1S/C28H25BrFNO4/c1-17(2)35-23-13-7-19(8-14-23)25-24(26(32)20-5-9-21(29)10-6-20)27(33)28(34)31(25)16-15-18-3-11-22(30)12-4-18/h3-14,17,25,32H,15-16H2,1-2H3/b26-24-. The lowest BCUT2D eigenvalue weighted by atomic mass is 9.95. The molecule has 1 aliphatic rings. The van der Waals surface area contributed by atoms with E-state index in [0.717, 1.165) is 10.0 Å². The number of hydrogen-bond acceptors (Lipinski definition) is 4. The van der Waals surface area contributed by atoms with E-state index in [4.69, 9.17) is 4.74 Å². The Bertz CT molecular complexity index is 1250. The first kappa shape index (κ1) is 24.7. The van der Waals surface area contributed by atoms with Crippen LogP contribution >= 0.6 is 15.9 Å². The van der Waals surface area contributed by atoms with Crippen LogP contribution in [-0.2, 0) is 16.0 Å². The Balaban J connectivity index is 1.74. The number of aliphatic hydroxyl groups excluding tert-OH is 1. The number of aliphatic hydroxyl groups is 1. The number of carbonyl (C=O) groups is 2. The van der Waals surface area contributed by atoms with Gasteiger partial charge in [-0.3, -0.25) is 9.59 Å². The number of ether oxygens (including phenoxy) is 1. The fourth-order valence-electron chi connectivity index (χ4n) is 4.12. The zero-order valence-electron chi connectivity index (χ0n) is 19.4. The van der Waals surface area contributed by atoms with E-state index < -0.39 is 17.7 Å². The second kappa shape index (κ2) is 10.4. The Morgan fingerprint density at radius 2 is 1.63 bits per heavy atom. The van der Waals surface area contributed by atoms with Crippen molar-refractivity contribution in [1.29, 1.82) is 0 Å². The van der Waals surface area contributed by atoms with Crippen molar-refractivity contribution in [1.82, 2.24) is 4.90 Å². The minimum Gasteiger partial charge on any atom is -0.507 e. The lowest BCUT2D eigenvalue weighted by Crippen LogP contribution is -2.31. The van der Waals surface area contributed by atoms with Crippen LogP contribution in [0.15, 0.2) is 82.8 Å². The zero-order valence-corrected chi connectivity index (χ0v) is 21.0. The van der Waals surface area contributed by atoms with E-state index in [0.29, 0.717) is 23.3 Å². The van der Waals surface area contributed by atoms with Crippen LogP contribution in [0.25, 0.3) is 5.76 Å². The van der Waals surface area contributed by atoms with Crippen molar-refractivity contribution in [2.75, 3.05) is 6.54 Å². The average Bonchev–Trinajstić information content (AvgIpc) is 3.09. The first-order valence-electron chi connectivity index (χ1n) is 11.3. The maximum absolute atomic E-state index is 13.3. The summed E-state index contributed by atoms with van der Waals surface area (Å²) in [7, 11) is 0. The van der Waals surface area contributed by atoms with E-state index in [1.54, 1.807) is 60.7 Å². The van der Waals surface area contributed by atoms with Gasteiger partial charge in [0.15, 0.2) is 0 Å². The summed E-state index contributed by atoms with van der Waals surface area (Å²) in [6.45, 7) is 4.08. The number of rotatable bonds is 7. The molecule has 35 heavy (non-hydrogen) atoms. The van der Waals surface area contributed by atoms with E-state index in [2.05, 4.69) is 15.9 Å². The summed E-state index contributed by atoms with van der Waals surface area (Å²) in [5.74, 6) is -1.32. The van der Waals surface area contributed by atoms with Crippen LogP contribution in [0.2, 0.25) is 0 Å². The molecular formula is C28H25BrFNO4. The van der Waals surface area contributed by atoms with Gasteiger partial charge in [0.1, 0.15) is 17.3 Å². The van der Waals surface area contributed by atoms with Crippen LogP contribution in [0.3, 0.4) is 0 Å². The van der Waals surface area contributed by atoms with E-state index in [-0.39, 0.29) is 29.8 Å². The van der Waals surface area contributed by atoms with Gasteiger partial charge in [0.05, 0.1) is 17.7 Å². The molecule has 1 heterocycles. The van der Waals surface area contributed by atoms with Crippen LogP contribution in [0, 0.1) is 5.82 Å². The lowest BCUT2D eigenvalue weighted by Gasteiger charge is -2.25. The number of likely N-dealkylation sites (tertiary alicyclic amines) is 1. The van der Waals surface area contributed by atoms with Gasteiger partial charge in [-0.2, -0.15) is 0 Å². The first-order chi connectivity index (χ1) is 16.7. The van der Waals surface area contributed by atoms with Gasteiger partial charge in [-0.15, -0.1) is 0 Å². The Morgan fingerprint density at radius 1 is 1.00 bits per heavy atom. The molecule has 4 rings (SSSR count). The minimum absolute atomic E-state index is 0.000371. The second-order valence-electron chi connectivity index (χ2n) is 8.61. The van der Waals surface area contributed by atoms with Gasteiger partial charge in [-0.25, -0.2) is 4.39 Å². The van der Waals surface area contributed by atoms with Gasteiger partial charge >= 0.3 is 0 Å². The zero-order chi connectivity index (χ0) is 25.1. The summed E-state index contributed by atoms with van der Waals surface area (Å²) in [6.07, 6.45) is 0.427. The molecule has 1 amide bonds. The van der Waals surface area contributed by atoms with Crippen LogP contribution in [0.5, 0.6) is 5.75 Å². The Morgan fingerprint density at radius 3 is 2.23 bits per heavy atom. The largest absolute Gasteiger partial charge is 0.507 e. The molecule has 180 valence electrons. The van der Waals surface area contributed by atoms with Crippen molar-refractivity contribution in [2.45, 2.75) is 32.4 Å². The van der Waals surface area contributed by atoms with Crippen molar-refractivity contribution >= 4 is 33.4 Å². The molecule has 1 N–H and O–H groups in total. The molecule has 1 fully saturated rings. The number of ketones is 1. The van der Waals surface area contributed by atoms with Crippen LogP contribution in [0.1, 0.15) is 36.6 Å². The number of benzene rings is 3. The number of amides is 1. The summed E-state index contributed by atoms with van der Waals surface area (Å²) in [5.41, 5.74) is 1.99. The molecule has 0 aromatic heterocycles. The van der Waals surface area contributed by atoms with Gasteiger partial charge < -0.3 is 14.7 Å². The average molecular weight is 538 g/mol. The molecule has 1 unspecified atom stereocenters. The molecule has 0 saturated carbocycles. The molecule has 1 saturated heterocycles. The molecule has 0 aliphatic carbocycles. The number of nitrogens with zero attached hydrogens (tertiary/aromatic N) is 1. The van der Waals surface area contributed by atoms with Crippen molar-refractivity contribution in [3.63, 3.8) is 0 Å². The predicted octanol–water partition coefficient (Wildman–Crippen LogP) is 6.04. The molecule has 0 radical (unpaired) electrons. The third-order valence-electron chi connectivity index (χ3n) is 5.78. The van der Waals surface area contributed by atoms with E-state index in [1.807, 2.05) is 13.8 Å². The topological polar surface area (TPSA) is 66.8 Å². The molecule has 3 aromatic rings. The molecule has 0 spiro atoms.